The van der Waals surface area contributed by atoms with Gasteiger partial charge in [-0.05, 0) is 31.0 Å². The van der Waals surface area contributed by atoms with Gasteiger partial charge in [0.15, 0.2) is 0 Å². The minimum atomic E-state index is 0.312. The van der Waals surface area contributed by atoms with Crippen LogP contribution in [0.2, 0.25) is 0 Å². The van der Waals surface area contributed by atoms with E-state index in [4.69, 9.17) is 4.74 Å². The average molecular weight is 272 g/mol. The Hall–Kier alpha value is -1.72. The van der Waals surface area contributed by atoms with Crippen LogP contribution < -0.4 is 0 Å². The highest BCUT2D eigenvalue weighted by Crippen LogP contribution is 2.16. The molecule has 0 saturated carbocycles. The molecule has 0 aliphatic carbocycles. The minimum Gasteiger partial charge on any atom is -0.372 e. The molecule has 2 aromatic heterocycles. The van der Waals surface area contributed by atoms with Gasteiger partial charge in [0.2, 0.25) is 0 Å². The van der Waals surface area contributed by atoms with Crippen molar-refractivity contribution in [1.82, 2.24) is 19.9 Å². The quantitative estimate of drug-likeness (QED) is 0.904. The second-order valence-corrected chi connectivity index (χ2v) is 5.25. The molecule has 0 bridgehead atoms. The number of H-pyrrole nitrogens is 1. The second kappa shape index (κ2) is 6.63. The molecule has 1 fully saturated rings. The van der Waals surface area contributed by atoms with Crippen molar-refractivity contribution in [1.29, 1.82) is 0 Å². The first kappa shape index (κ1) is 13.3. The molecule has 0 amide bonds. The van der Waals surface area contributed by atoms with E-state index in [1.54, 1.807) is 12.5 Å². The Balaban J connectivity index is 1.48. The summed E-state index contributed by atoms with van der Waals surface area (Å²) in [6.45, 7) is 3.69. The van der Waals surface area contributed by atoms with Gasteiger partial charge in [-0.1, -0.05) is 6.07 Å². The molecule has 5 nitrogen and oxygen atoms in total. The third kappa shape index (κ3) is 3.65. The first-order chi connectivity index (χ1) is 9.90. The summed E-state index contributed by atoms with van der Waals surface area (Å²) >= 11 is 0. The Kier molecular flexibility index (Phi) is 4.40. The first-order valence-corrected chi connectivity index (χ1v) is 7.10. The van der Waals surface area contributed by atoms with E-state index in [2.05, 4.69) is 25.9 Å². The Labute approximate surface area is 119 Å². The number of rotatable bonds is 5. The summed E-state index contributed by atoms with van der Waals surface area (Å²) in [7, 11) is 0. The van der Waals surface area contributed by atoms with Crippen LogP contribution in [-0.2, 0) is 17.9 Å². The Morgan fingerprint density at radius 3 is 3.15 bits per heavy atom. The van der Waals surface area contributed by atoms with E-state index in [1.165, 1.54) is 6.42 Å². The van der Waals surface area contributed by atoms with Crippen molar-refractivity contribution in [3.63, 3.8) is 0 Å². The predicted molar refractivity (Wildman–Crippen MR) is 75.9 cm³/mol. The van der Waals surface area contributed by atoms with Crippen LogP contribution >= 0.6 is 0 Å². The van der Waals surface area contributed by atoms with E-state index < -0.39 is 0 Å². The lowest BCUT2D eigenvalue weighted by atomic mass is 10.1. The van der Waals surface area contributed by atoms with Crippen molar-refractivity contribution in [3.05, 3.63) is 48.3 Å². The molecule has 0 radical (unpaired) electrons. The Morgan fingerprint density at radius 1 is 1.35 bits per heavy atom. The predicted octanol–water partition coefficient (Wildman–Crippen LogP) is 1.99. The highest BCUT2D eigenvalue weighted by Gasteiger charge is 2.20. The van der Waals surface area contributed by atoms with Gasteiger partial charge in [-0.15, -0.1) is 0 Å². The lowest BCUT2D eigenvalue weighted by Gasteiger charge is -2.32. The Morgan fingerprint density at radius 2 is 2.35 bits per heavy atom. The number of nitrogens with one attached hydrogen (secondary N) is 1. The number of aromatic nitrogens is 3. The fraction of sp³-hybridized carbons (Fsp3) is 0.467. The van der Waals surface area contributed by atoms with Gasteiger partial charge in [-0.2, -0.15) is 0 Å². The van der Waals surface area contributed by atoms with Gasteiger partial charge in [0, 0.05) is 37.4 Å². The number of hydrogen-bond donors (Lipinski definition) is 1. The molecular formula is C15H20N4O. The number of likely N-dealkylation sites (tertiary alicyclic amines) is 1. The maximum atomic E-state index is 6.01. The number of pyridine rings is 1. The molecule has 20 heavy (non-hydrogen) atoms. The fourth-order valence-electron chi connectivity index (χ4n) is 2.60. The van der Waals surface area contributed by atoms with Crippen LogP contribution in [-0.4, -0.2) is 39.0 Å². The molecule has 1 saturated heterocycles. The van der Waals surface area contributed by atoms with Gasteiger partial charge in [-0.3, -0.25) is 9.88 Å². The number of piperidine rings is 1. The number of hydrogen-bond acceptors (Lipinski definition) is 4. The molecule has 0 spiro atoms. The van der Waals surface area contributed by atoms with Crippen molar-refractivity contribution >= 4 is 0 Å². The van der Waals surface area contributed by atoms with Gasteiger partial charge in [0.25, 0.3) is 0 Å². The van der Waals surface area contributed by atoms with Crippen LogP contribution in [0.4, 0.5) is 0 Å². The lowest BCUT2D eigenvalue weighted by molar-refractivity contribution is -0.0124. The molecule has 106 valence electrons. The van der Waals surface area contributed by atoms with Crippen LogP contribution in [0, 0.1) is 0 Å². The zero-order valence-electron chi connectivity index (χ0n) is 11.5. The number of nitrogens with zero attached hydrogens (tertiary/aromatic N) is 3. The van der Waals surface area contributed by atoms with E-state index in [0.717, 1.165) is 37.3 Å². The first-order valence-electron chi connectivity index (χ1n) is 7.10. The SMILES string of the molecule is c1cncc(COC2CCCN(Cc3cnc[nH]3)C2)c1. The molecule has 1 atom stereocenters. The van der Waals surface area contributed by atoms with Gasteiger partial charge in [0.1, 0.15) is 0 Å². The van der Waals surface area contributed by atoms with Crippen molar-refractivity contribution in [2.75, 3.05) is 13.1 Å². The van der Waals surface area contributed by atoms with Crippen molar-refractivity contribution in [2.45, 2.75) is 32.1 Å². The molecule has 0 aromatic carbocycles. The maximum Gasteiger partial charge on any atom is 0.0922 e. The summed E-state index contributed by atoms with van der Waals surface area (Å²) in [4.78, 5) is 13.8. The van der Waals surface area contributed by atoms with E-state index in [-0.39, 0.29) is 0 Å². The van der Waals surface area contributed by atoms with Crippen LogP contribution in [0.25, 0.3) is 0 Å². The molecule has 1 N–H and O–H groups in total. The number of aromatic amines is 1. The molecular weight excluding hydrogens is 252 g/mol. The van der Waals surface area contributed by atoms with Gasteiger partial charge in [0.05, 0.1) is 19.0 Å². The molecule has 2 aromatic rings. The number of imidazole rings is 1. The van der Waals surface area contributed by atoms with E-state index >= 15 is 0 Å². The molecule has 3 heterocycles. The average Bonchev–Trinajstić information content (AvgIpc) is 3.00. The molecule has 1 unspecified atom stereocenters. The summed E-state index contributed by atoms with van der Waals surface area (Å²) in [5.74, 6) is 0. The van der Waals surface area contributed by atoms with Gasteiger partial charge in [-0.25, -0.2) is 4.98 Å². The molecule has 5 heteroatoms. The third-order valence-electron chi connectivity index (χ3n) is 3.62. The van der Waals surface area contributed by atoms with Crippen LogP contribution in [0.1, 0.15) is 24.1 Å². The standard InChI is InChI=1S/C15H20N4O/c1-3-13(7-16-5-1)11-20-15-4-2-6-19(10-15)9-14-8-17-12-18-14/h1,3,5,7-8,12,15H,2,4,6,9-11H2,(H,17,18). The maximum absolute atomic E-state index is 6.01. The van der Waals surface area contributed by atoms with Crippen LogP contribution in [0.5, 0.6) is 0 Å². The highest BCUT2D eigenvalue weighted by atomic mass is 16.5. The largest absolute Gasteiger partial charge is 0.372 e. The normalized spacial score (nSPS) is 20.1. The highest BCUT2D eigenvalue weighted by molar-refractivity contribution is 5.06. The van der Waals surface area contributed by atoms with Crippen molar-refractivity contribution < 1.29 is 4.74 Å². The summed E-state index contributed by atoms with van der Waals surface area (Å²) in [6.07, 6.45) is 9.91. The van der Waals surface area contributed by atoms with E-state index in [1.807, 2.05) is 18.5 Å². The molecule has 1 aliphatic heterocycles. The van der Waals surface area contributed by atoms with E-state index in [9.17, 15) is 0 Å². The summed E-state index contributed by atoms with van der Waals surface area (Å²) in [5.41, 5.74) is 2.30. The zero-order chi connectivity index (χ0) is 13.6. The molecule has 3 rings (SSSR count). The lowest BCUT2D eigenvalue weighted by Crippen LogP contribution is -2.39. The second-order valence-electron chi connectivity index (χ2n) is 5.25. The minimum absolute atomic E-state index is 0.312. The van der Waals surface area contributed by atoms with Crippen LogP contribution in [0.3, 0.4) is 0 Å². The fourth-order valence-corrected chi connectivity index (χ4v) is 2.60. The summed E-state index contributed by atoms with van der Waals surface area (Å²) < 4.78 is 6.01. The topological polar surface area (TPSA) is 54.0 Å². The third-order valence-corrected chi connectivity index (χ3v) is 3.62. The van der Waals surface area contributed by atoms with Gasteiger partial charge >= 0.3 is 0 Å². The number of ether oxygens (including phenoxy) is 1. The Bertz CT molecular complexity index is 500. The molecule has 1 aliphatic rings. The van der Waals surface area contributed by atoms with Crippen molar-refractivity contribution in [2.24, 2.45) is 0 Å². The van der Waals surface area contributed by atoms with E-state index in [0.29, 0.717) is 12.7 Å². The van der Waals surface area contributed by atoms with Gasteiger partial charge < -0.3 is 9.72 Å². The monoisotopic (exact) mass is 272 g/mol. The van der Waals surface area contributed by atoms with Crippen LogP contribution in [0.15, 0.2) is 37.1 Å². The summed E-state index contributed by atoms with van der Waals surface area (Å²) in [6, 6.07) is 4.00. The smallest absolute Gasteiger partial charge is 0.0922 e. The summed E-state index contributed by atoms with van der Waals surface area (Å²) in [5, 5.41) is 0. The van der Waals surface area contributed by atoms with Crippen molar-refractivity contribution in [3.8, 4) is 0 Å². The zero-order valence-corrected chi connectivity index (χ0v) is 11.5.